The molecule has 2 aliphatic carbocycles. The van der Waals surface area contributed by atoms with Crippen molar-refractivity contribution in [3.63, 3.8) is 0 Å². The summed E-state index contributed by atoms with van der Waals surface area (Å²) in [6.07, 6.45) is 9.98. The molecule has 200 valence electrons. The number of benzene rings is 1. The molecule has 3 rings (SSSR count). The van der Waals surface area contributed by atoms with Crippen LogP contribution in [0.2, 0.25) is 0 Å². The maximum absolute atomic E-state index is 13.6. The first-order chi connectivity index (χ1) is 17.5. The molecule has 1 fully saturated rings. The Kier molecular flexibility index (Phi) is 12.0. The van der Waals surface area contributed by atoms with Gasteiger partial charge < -0.3 is 25.2 Å². The van der Waals surface area contributed by atoms with Gasteiger partial charge in [-0.15, -0.1) is 0 Å². The average Bonchev–Trinajstić information content (AvgIpc) is 3.40. The SMILES string of the molecule is CCCCCCCC(=O)N(C1CCCC1)[C@@H]1CC(C(=O)NCCO)=C[C@H](Oc2ccccc2I)[C@H]1O. The molecule has 2 amide bonds. The third-order valence-electron chi connectivity index (χ3n) is 7.17. The van der Waals surface area contributed by atoms with Crippen molar-refractivity contribution in [3.05, 3.63) is 39.5 Å². The van der Waals surface area contributed by atoms with Gasteiger partial charge >= 0.3 is 0 Å². The van der Waals surface area contributed by atoms with Gasteiger partial charge in [-0.25, -0.2) is 0 Å². The topological polar surface area (TPSA) is 99.1 Å². The van der Waals surface area contributed by atoms with Crippen molar-refractivity contribution in [1.29, 1.82) is 0 Å². The number of nitrogens with one attached hydrogen (secondary N) is 1. The summed E-state index contributed by atoms with van der Waals surface area (Å²) in [5, 5.41) is 23.4. The second-order valence-electron chi connectivity index (χ2n) is 9.85. The second kappa shape index (κ2) is 14.9. The molecule has 8 heteroatoms. The largest absolute Gasteiger partial charge is 0.482 e. The molecule has 3 N–H and O–H groups in total. The van der Waals surface area contributed by atoms with Crippen LogP contribution in [0.3, 0.4) is 0 Å². The maximum atomic E-state index is 13.6. The first kappa shape index (κ1) is 28.9. The second-order valence-corrected chi connectivity index (χ2v) is 11.0. The number of aliphatic hydroxyl groups is 2. The van der Waals surface area contributed by atoms with Crippen LogP contribution in [0.15, 0.2) is 35.9 Å². The van der Waals surface area contributed by atoms with Crippen LogP contribution >= 0.6 is 22.6 Å². The smallest absolute Gasteiger partial charge is 0.247 e. The van der Waals surface area contributed by atoms with Crippen LogP contribution in [-0.2, 0) is 9.59 Å². The molecular formula is C28H41IN2O5. The minimum atomic E-state index is -0.958. The van der Waals surface area contributed by atoms with Gasteiger partial charge in [-0.1, -0.05) is 57.6 Å². The molecule has 0 aliphatic heterocycles. The minimum absolute atomic E-state index is 0.0625. The summed E-state index contributed by atoms with van der Waals surface area (Å²) in [5.41, 5.74) is 0.480. The standard InChI is InChI=1S/C28H41IN2O5/c1-2-3-4-5-6-15-26(33)31(21-11-7-8-12-21)23-18-20(28(35)30-16-17-32)19-25(27(23)34)36-24-14-10-9-13-22(24)29/h9-10,13-14,19,21,23,25,27,32,34H,2-8,11-12,15-18H2,1H3,(H,30,35)/t23-,25+,27+/m1/s1. The molecule has 0 saturated heterocycles. The van der Waals surface area contributed by atoms with E-state index in [-0.39, 0.29) is 37.4 Å². The monoisotopic (exact) mass is 612 g/mol. The van der Waals surface area contributed by atoms with E-state index in [0.717, 1.165) is 54.9 Å². The lowest BCUT2D eigenvalue weighted by atomic mass is 9.87. The number of amides is 2. The van der Waals surface area contributed by atoms with Gasteiger partial charge in [0.25, 0.3) is 0 Å². The number of halogens is 1. The number of hydrogen-bond acceptors (Lipinski definition) is 5. The van der Waals surface area contributed by atoms with Crippen molar-refractivity contribution in [1.82, 2.24) is 10.2 Å². The predicted octanol–water partition coefficient (Wildman–Crippen LogP) is 4.34. The van der Waals surface area contributed by atoms with Gasteiger partial charge in [-0.05, 0) is 60.1 Å². The molecule has 3 atom stereocenters. The van der Waals surface area contributed by atoms with Gasteiger partial charge in [0.15, 0.2) is 0 Å². The van der Waals surface area contributed by atoms with Crippen molar-refractivity contribution in [3.8, 4) is 5.75 Å². The van der Waals surface area contributed by atoms with Gasteiger partial charge in [0, 0.05) is 31.0 Å². The Morgan fingerprint density at radius 2 is 1.86 bits per heavy atom. The van der Waals surface area contributed by atoms with Crippen LogP contribution in [0, 0.1) is 3.57 Å². The van der Waals surface area contributed by atoms with Crippen LogP contribution in [0.4, 0.5) is 0 Å². The molecule has 7 nitrogen and oxygen atoms in total. The lowest BCUT2D eigenvalue weighted by Crippen LogP contribution is -2.57. The van der Waals surface area contributed by atoms with Crippen LogP contribution in [0.25, 0.3) is 0 Å². The summed E-state index contributed by atoms with van der Waals surface area (Å²) in [5.74, 6) is 0.395. The fourth-order valence-corrected chi connectivity index (χ4v) is 5.80. The third kappa shape index (κ3) is 7.92. The number of unbranched alkanes of at least 4 members (excludes halogenated alkanes) is 4. The molecule has 0 aromatic heterocycles. The van der Waals surface area contributed by atoms with Crippen LogP contribution in [0.1, 0.15) is 77.6 Å². The summed E-state index contributed by atoms with van der Waals surface area (Å²) in [6.45, 7) is 2.17. The number of hydrogen-bond donors (Lipinski definition) is 3. The number of ether oxygens (including phenoxy) is 1. The number of aliphatic hydroxyl groups excluding tert-OH is 2. The van der Waals surface area contributed by atoms with E-state index < -0.39 is 18.2 Å². The molecule has 36 heavy (non-hydrogen) atoms. The van der Waals surface area contributed by atoms with Crippen molar-refractivity contribution in [2.75, 3.05) is 13.2 Å². The highest BCUT2D eigenvalue weighted by Gasteiger charge is 2.43. The predicted molar refractivity (Wildman–Crippen MR) is 149 cm³/mol. The van der Waals surface area contributed by atoms with Gasteiger partial charge in [0.2, 0.25) is 11.8 Å². The zero-order chi connectivity index (χ0) is 25.9. The van der Waals surface area contributed by atoms with Crippen molar-refractivity contribution in [2.24, 2.45) is 0 Å². The van der Waals surface area contributed by atoms with E-state index in [1.54, 1.807) is 6.08 Å². The molecule has 0 unspecified atom stereocenters. The van der Waals surface area contributed by atoms with Crippen LogP contribution < -0.4 is 10.1 Å². The molecular weight excluding hydrogens is 571 g/mol. The fraction of sp³-hybridized carbons (Fsp3) is 0.643. The zero-order valence-electron chi connectivity index (χ0n) is 21.3. The lowest BCUT2D eigenvalue weighted by Gasteiger charge is -2.43. The molecule has 1 aromatic rings. The van der Waals surface area contributed by atoms with Crippen molar-refractivity contribution >= 4 is 34.4 Å². The number of carbonyl (C=O) groups excluding carboxylic acids is 2. The Balaban J connectivity index is 1.85. The number of nitrogens with zero attached hydrogens (tertiary/aromatic N) is 1. The highest BCUT2D eigenvalue weighted by atomic mass is 127. The molecule has 0 radical (unpaired) electrons. The Morgan fingerprint density at radius 3 is 2.56 bits per heavy atom. The minimum Gasteiger partial charge on any atom is -0.482 e. The Labute approximate surface area is 228 Å². The Bertz CT molecular complexity index is 886. The Morgan fingerprint density at radius 1 is 1.14 bits per heavy atom. The Hall–Kier alpha value is -1.65. The first-order valence-electron chi connectivity index (χ1n) is 13.5. The van der Waals surface area contributed by atoms with E-state index in [0.29, 0.717) is 17.7 Å². The first-order valence-corrected chi connectivity index (χ1v) is 14.5. The normalized spacial score (nSPS) is 22.2. The molecule has 0 heterocycles. The molecule has 2 aliphatic rings. The van der Waals surface area contributed by atoms with Gasteiger partial charge in [-0.2, -0.15) is 0 Å². The number of carbonyl (C=O) groups is 2. The summed E-state index contributed by atoms with van der Waals surface area (Å²) >= 11 is 2.19. The summed E-state index contributed by atoms with van der Waals surface area (Å²) in [7, 11) is 0. The van der Waals surface area contributed by atoms with E-state index in [9.17, 15) is 19.8 Å². The highest BCUT2D eigenvalue weighted by molar-refractivity contribution is 14.1. The van der Waals surface area contributed by atoms with E-state index >= 15 is 0 Å². The lowest BCUT2D eigenvalue weighted by molar-refractivity contribution is -0.142. The fourth-order valence-electron chi connectivity index (χ4n) is 5.29. The van der Waals surface area contributed by atoms with E-state index in [1.807, 2.05) is 29.2 Å². The summed E-state index contributed by atoms with van der Waals surface area (Å²) < 4.78 is 7.13. The van der Waals surface area contributed by atoms with E-state index in [4.69, 9.17) is 4.74 Å². The van der Waals surface area contributed by atoms with Crippen molar-refractivity contribution in [2.45, 2.75) is 102 Å². The average molecular weight is 613 g/mol. The van der Waals surface area contributed by atoms with Crippen LogP contribution in [0.5, 0.6) is 5.75 Å². The zero-order valence-corrected chi connectivity index (χ0v) is 23.5. The van der Waals surface area contributed by atoms with Gasteiger partial charge in [0.1, 0.15) is 18.0 Å². The van der Waals surface area contributed by atoms with Gasteiger partial charge in [-0.3, -0.25) is 9.59 Å². The van der Waals surface area contributed by atoms with Gasteiger partial charge in [0.05, 0.1) is 16.2 Å². The van der Waals surface area contributed by atoms with Crippen molar-refractivity contribution < 1.29 is 24.5 Å². The molecule has 0 spiro atoms. The van der Waals surface area contributed by atoms with E-state index in [2.05, 4.69) is 34.8 Å². The van der Waals surface area contributed by atoms with Crippen LogP contribution in [-0.4, -0.2) is 64.4 Å². The maximum Gasteiger partial charge on any atom is 0.247 e. The molecule has 1 aromatic carbocycles. The number of para-hydroxylation sites is 1. The molecule has 0 bridgehead atoms. The summed E-state index contributed by atoms with van der Waals surface area (Å²) in [4.78, 5) is 28.4. The quantitative estimate of drug-likeness (QED) is 0.228. The van der Waals surface area contributed by atoms with E-state index in [1.165, 1.54) is 6.42 Å². The number of rotatable bonds is 13. The highest BCUT2D eigenvalue weighted by Crippen LogP contribution is 2.34. The molecule has 1 saturated carbocycles. The summed E-state index contributed by atoms with van der Waals surface area (Å²) in [6, 6.07) is 7.09. The third-order valence-corrected chi connectivity index (χ3v) is 8.06.